The van der Waals surface area contributed by atoms with Gasteiger partial charge in [0, 0.05) is 0 Å². The number of hydrogen-bond donors (Lipinski definition) is 3. The molecule has 0 aliphatic carbocycles. The van der Waals surface area contributed by atoms with E-state index in [4.69, 9.17) is 5.11 Å². The lowest BCUT2D eigenvalue weighted by Gasteiger charge is -2.15. The fourth-order valence-corrected chi connectivity index (χ4v) is 1.26. The molecule has 3 N–H and O–H groups in total. The lowest BCUT2D eigenvalue weighted by atomic mass is 10.1. The van der Waals surface area contributed by atoms with E-state index >= 15 is 0 Å². The van der Waals surface area contributed by atoms with E-state index in [1.807, 2.05) is 6.92 Å². The van der Waals surface area contributed by atoms with Crippen LogP contribution in [0.3, 0.4) is 0 Å². The Bertz CT molecular complexity index is 268. The van der Waals surface area contributed by atoms with Crippen molar-refractivity contribution in [2.45, 2.75) is 51.6 Å². The number of nitrogens with one attached hydrogen (secondary N) is 2. The molecule has 0 aromatic carbocycles. The lowest BCUT2D eigenvalue weighted by molar-refractivity contribution is -0.138. The minimum absolute atomic E-state index is 0.553. The number of aldehydes is 1. The summed E-state index contributed by atoms with van der Waals surface area (Å²) >= 11 is 0. The van der Waals surface area contributed by atoms with Gasteiger partial charge in [0.15, 0.2) is 0 Å². The highest BCUT2D eigenvalue weighted by Gasteiger charge is 2.16. The van der Waals surface area contributed by atoms with E-state index in [0.29, 0.717) is 12.7 Å². The van der Waals surface area contributed by atoms with Crippen LogP contribution in [-0.2, 0) is 9.59 Å². The molecule has 0 fully saturated rings. The van der Waals surface area contributed by atoms with Gasteiger partial charge in [0.05, 0.1) is 6.04 Å². The van der Waals surface area contributed by atoms with Crippen LogP contribution >= 0.6 is 0 Å². The van der Waals surface area contributed by atoms with Gasteiger partial charge >= 0.3 is 12.0 Å². The number of unbranched alkanes of at least 4 members (excludes halogenated alkanes) is 2. The topological polar surface area (TPSA) is 95.5 Å². The zero-order chi connectivity index (χ0) is 13.3. The number of carbonyl (C=O) groups excluding carboxylic acids is 2. The van der Waals surface area contributed by atoms with Gasteiger partial charge in [0.25, 0.3) is 0 Å². The molecule has 0 aliphatic rings. The van der Waals surface area contributed by atoms with E-state index in [1.54, 1.807) is 0 Å². The first-order valence-electron chi connectivity index (χ1n) is 5.76. The molecule has 0 heterocycles. The molecule has 17 heavy (non-hydrogen) atoms. The molecule has 0 bridgehead atoms. The molecule has 6 heteroatoms. The first-order valence-corrected chi connectivity index (χ1v) is 5.76. The summed E-state index contributed by atoms with van der Waals surface area (Å²) in [4.78, 5) is 32.5. The van der Waals surface area contributed by atoms with E-state index in [-0.39, 0.29) is 0 Å². The second-order valence-corrected chi connectivity index (χ2v) is 3.92. The number of carboxylic acids is 1. The molecule has 6 nitrogen and oxygen atoms in total. The van der Waals surface area contributed by atoms with Crippen LogP contribution in [0, 0.1) is 0 Å². The zero-order valence-electron chi connectivity index (χ0n) is 10.2. The SMILES string of the molecule is CCCCC[C@@H](C=O)NC(=O)N[C@@H](C)C(=O)O. The van der Waals surface area contributed by atoms with Crippen molar-refractivity contribution in [3.05, 3.63) is 0 Å². The van der Waals surface area contributed by atoms with Crippen LogP contribution in [0.4, 0.5) is 4.79 Å². The number of rotatable bonds is 8. The first-order chi connectivity index (χ1) is 8.01. The highest BCUT2D eigenvalue weighted by atomic mass is 16.4. The number of urea groups is 1. The summed E-state index contributed by atoms with van der Waals surface area (Å²) in [5.74, 6) is -1.12. The Hall–Kier alpha value is -1.59. The summed E-state index contributed by atoms with van der Waals surface area (Å²) in [6.07, 6.45) is 4.13. The van der Waals surface area contributed by atoms with E-state index in [1.165, 1.54) is 6.92 Å². The molecule has 0 saturated carbocycles. The van der Waals surface area contributed by atoms with Gasteiger partial charge in [-0.1, -0.05) is 26.2 Å². The summed E-state index contributed by atoms with van der Waals surface area (Å²) in [6, 6.07) is -2.16. The Kier molecular flexibility index (Phi) is 7.75. The molecule has 0 saturated heterocycles. The summed E-state index contributed by atoms with van der Waals surface area (Å²) in [7, 11) is 0. The van der Waals surface area contributed by atoms with Crippen molar-refractivity contribution < 1.29 is 19.5 Å². The number of amides is 2. The van der Waals surface area contributed by atoms with Gasteiger partial charge in [-0.2, -0.15) is 0 Å². The van der Waals surface area contributed by atoms with Gasteiger partial charge in [-0.15, -0.1) is 0 Å². The Morgan fingerprint density at radius 2 is 1.94 bits per heavy atom. The molecule has 2 amide bonds. The maximum Gasteiger partial charge on any atom is 0.325 e. The molecule has 98 valence electrons. The van der Waals surface area contributed by atoms with Crippen molar-refractivity contribution in [1.29, 1.82) is 0 Å². The number of hydrogen-bond acceptors (Lipinski definition) is 3. The van der Waals surface area contributed by atoms with Crippen LogP contribution in [0.1, 0.15) is 39.5 Å². The minimum atomic E-state index is -1.12. The normalized spacial score (nSPS) is 13.5. The van der Waals surface area contributed by atoms with Crippen molar-refractivity contribution >= 4 is 18.3 Å². The number of carboxylic acid groups (broad SMARTS) is 1. The molecule has 0 radical (unpaired) electrons. The lowest BCUT2D eigenvalue weighted by Crippen LogP contribution is -2.48. The number of aliphatic carboxylic acids is 1. The molecule has 2 atom stereocenters. The Balaban J connectivity index is 3.97. The Morgan fingerprint density at radius 1 is 1.29 bits per heavy atom. The van der Waals surface area contributed by atoms with E-state index < -0.39 is 24.1 Å². The van der Waals surface area contributed by atoms with Crippen molar-refractivity contribution in [2.24, 2.45) is 0 Å². The van der Waals surface area contributed by atoms with Crippen LogP contribution < -0.4 is 10.6 Å². The Morgan fingerprint density at radius 3 is 2.41 bits per heavy atom. The largest absolute Gasteiger partial charge is 0.480 e. The van der Waals surface area contributed by atoms with Gasteiger partial charge in [0.1, 0.15) is 12.3 Å². The third-order valence-corrected chi connectivity index (χ3v) is 2.32. The van der Waals surface area contributed by atoms with Crippen LogP contribution in [0.15, 0.2) is 0 Å². The summed E-state index contributed by atoms with van der Waals surface area (Å²) in [5, 5.41) is 13.2. The minimum Gasteiger partial charge on any atom is -0.480 e. The fourth-order valence-electron chi connectivity index (χ4n) is 1.26. The highest BCUT2D eigenvalue weighted by molar-refractivity contribution is 5.83. The summed E-state index contributed by atoms with van der Waals surface area (Å²) < 4.78 is 0. The summed E-state index contributed by atoms with van der Waals surface area (Å²) in [5.41, 5.74) is 0. The van der Waals surface area contributed by atoms with Gasteiger partial charge in [-0.25, -0.2) is 4.79 Å². The second kappa shape index (κ2) is 8.55. The highest BCUT2D eigenvalue weighted by Crippen LogP contribution is 2.01. The maximum atomic E-state index is 11.3. The molecule has 0 aromatic rings. The van der Waals surface area contributed by atoms with E-state index in [2.05, 4.69) is 10.6 Å². The second-order valence-electron chi connectivity index (χ2n) is 3.92. The Labute approximate surface area is 101 Å². The van der Waals surface area contributed by atoms with Gasteiger partial charge < -0.3 is 20.5 Å². The third kappa shape index (κ3) is 7.32. The molecule has 0 spiro atoms. The number of carbonyl (C=O) groups is 3. The van der Waals surface area contributed by atoms with Crippen molar-refractivity contribution in [1.82, 2.24) is 10.6 Å². The van der Waals surface area contributed by atoms with Gasteiger partial charge in [0.2, 0.25) is 0 Å². The standard InChI is InChI=1S/C11H20N2O4/c1-3-4-5-6-9(7-14)13-11(17)12-8(2)10(15)16/h7-9H,3-6H2,1-2H3,(H,15,16)(H2,12,13,17)/t8-,9-/m0/s1. The van der Waals surface area contributed by atoms with Crippen LogP contribution in [0.5, 0.6) is 0 Å². The van der Waals surface area contributed by atoms with Crippen LogP contribution in [-0.4, -0.2) is 35.5 Å². The molecule has 0 aromatic heterocycles. The summed E-state index contributed by atoms with van der Waals surface area (Å²) in [6.45, 7) is 3.40. The quantitative estimate of drug-likeness (QED) is 0.437. The zero-order valence-corrected chi connectivity index (χ0v) is 10.2. The average molecular weight is 244 g/mol. The van der Waals surface area contributed by atoms with Crippen molar-refractivity contribution in [2.75, 3.05) is 0 Å². The molecular formula is C11H20N2O4. The maximum absolute atomic E-state index is 11.3. The van der Waals surface area contributed by atoms with Crippen LogP contribution in [0.2, 0.25) is 0 Å². The first kappa shape index (κ1) is 15.4. The van der Waals surface area contributed by atoms with Gasteiger partial charge in [-0.05, 0) is 13.3 Å². The monoisotopic (exact) mass is 244 g/mol. The van der Waals surface area contributed by atoms with Crippen LogP contribution in [0.25, 0.3) is 0 Å². The third-order valence-electron chi connectivity index (χ3n) is 2.32. The smallest absolute Gasteiger partial charge is 0.325 e. The average Bonchev–Trinajstić information content (AvgIpc) is 2.27. The van der Waals surface area contributed by atoms with Gasteiger partial charge in [-0.3, -0.25) is 4.79 Å². The van der Waals surface area contributed by atoms with E-state index in [0.717, 1.165) is 19.3 Å². The van der Waals surface area contributed by atoms with Crippen molar-refractivity contribution in [3.8, 4) is 0 Å². The van der Waals surface area contributed by atoms with Crippen molar-refractivity contribution in [3.63, 3.8) is 0 Å². The predicted octanol–water partition coefficient (Wildman–Crippen LogP) is 0.906. The fraction of sp³-hybridized carbons (Fsp3) is 0.727. The molecule has 0 unspecified atom stereocenters. The molecule has 0 aliphatic heterocycles. The van der Waals surface area contributed by atoms with E-state index in [9.17, 15) is 14.4 Å². The predicted molar refractivity (Wildman–Crippen MR) is 62.8 cm³/mol. The molecular weight excluding hydrogens is 224 g/mol. The molecule has 0 rings (SSSR count).